The van der Waals surface area contributed by atoms with Gasteiger partial charge in [0.25, 0.3) is 0 Å². The Morgan fingerprint density at radius 2 is 1.02 bits per heavy atom. The number of ether oxygens (including phenoxy) is 3. The molecule has 0 radical (unpaired) electrons. The van der Waals surface area contributed by atoms with Crippen molar-refractivity contribution >= 4 is 17.9 Å². The third-order valence-electron chi connectivity index (χ3n) is 11.4. The normalized spacial score (nSPS) is 12.5. The Labute approximate surface area is 354 Å². The minimum absolute atomic E-state index is 0.0786. The van der Waals surface area contributed by atoms with Gasteiger partial charge in [0.1, 0.15) is 25.6 Å². The van der Waals surface area contributed by atoms with E-state index in [-0.39, 0.29) is 62.4 Å². The first kappa shape index (κ1) is 53.3. The number of aryl methyl sites for hydroxylation is 1. The fraction of sp³-hybridized carbons (Fsp3) is 0.833. The lowest BCUT2D eigenvalue weighted by Gasteiger charge is -2.24. The number of unbranched alkanes of at least 4 members (excludes halogenated alkanes) is 16. The summed E-state index contributed by atoms with van der Waals surface area (Å²) in [6.07, 6.45) is 29.0. The fourth-order valence-electron chi connectivity index (χ4n) is 7.52. The lowest BCUT2D eigenvalue weighted by Crippen LogP contribution is -2.34. The van der Waals surface area contributed by atoms with E-state index in [0.717, 1.165) is 89.9 Å². The molecule has 0 aliphatic heterocycles. The average molecular weight is 819 g/mol. The molecule has 1 rings (SSSR count). The summed E-state index contributed by atoms with van der Waals surface area (Å²) >= 11 is 0. The van der Waals surface area contributed by atoms with Crippen LogP contribution in [-0.2, 0) is 41.8 Å². The number of hydrogen-bond acceptors (Lipinski definition) is 10. The predicted molar refractivity (Wildman–Crippen MR) is 234 cm³/mol. The predicted octanol–water partition coefficient (Wildman–Crippen LogP) is 11.5. The van der Waals surface area contributed by atoms with Crippen molar-refractivity contribution in [1.29, 1.82) is 0 Å². The molecule has 0 saturated heterocycles. The zero-order valence-corrected chi connectivity index (χ0v) is 37.8. The third kappa shape index (κ3) is 25.7. The molecule has 0 saturated carbocycles. The number of hydrogen-bond donors (Lipinski definition) is 2. The lowest BCUT2D eigenvalue weighted by molar-refractivity contribution is -0.150. The molecule has 10 nitrogen and oxygen atoms in total. The summed E-state index contributed by atoms with van der Waals surface area (Å²) in [5.41, 5.74) is 1.17. The second-order valence-electron chi connectivity index (χ2n) is 16.5. The summed E-state index contributed by atoms with van der Waals surface area (Å²) < 4.78 is 17.3. The summed E-state index contributed by atoms with van der Waals surface area (Å²) in [6, 6.07) is 0. The van der Waals surface area contributed by atoms with E-state index in [1.54, 1.807) is 6.92 Å². The van der Waals surface area contributed by atoms with Crippen LogP contribution in [0.5, 0.6) is 5.75 Å². The maximum absolute atomic E-state index is 13.4. The molecule has 0 amide bonds. The summed E-state index contributed by atoms with van der Waals surface area (Å²) in [7, 11) is 0. The fourth-order valence-corrected chi connectivity index (χ4v) is 7.52. The van der Waals surface area contributed by atoms with Crippen LogP contribution >= 0.6 is 0 Å². The van der Waals surface area contributed by atoms with E-state index < -0.39 is 5.97 Å². The average Bonchev–Trinajstić information content (AvgIpc) is 3.22. The molecule has 1 heterocycles. The van der Waals surface area contributed by atoms with E-state index in [1.807, 2.05) is 0 Å². The Balaban J connectivity index is 2.86. The molecule has 10 heteroatoms. The first-order valence-electron chi connectivity index (χ1n) is 23.7. The molecule has 0 aliphatic carbocycles. The Morgan fingerprint density at radius 3 is 1.45 bits per heavy atom. The SMILES string of the molecule is CCCCCCCCC(CCCCCC)C(=O)OCCN(CCCC(=O)OCc1cnc(C)c(O)c1CO)CCOC(=O)C(CCCCCC)CCCCCCCC. The van der Waals surface area contributed by atoms with Crippen molar-refractivity contribution in [2.45, 2.75) is 215 Å². The van der Waals surface area contributed by atoms with Crippen LogP contribution in [0.3, 0.4) is 0 Å². The number of rotatable bonds is 39. The number of pyridine rings is 1. The van der Waals surface area contributed by atoms with Crippen LogP contribution in [0.15, 0.2) is 6.20 Å². The number of nitrogens with zero attached hydrogens (tertiary/aromatic N) is 2. The number of esters is 3. The van der Waals surface area contributed by atoms with E-state index in [1.165, 1.54) is 70.4 Å². The first-order valence-corrected chi connectivity index (χ1v) is 23.7. The van der Waals surface area contributed by atoms with Gasteiger partial charge in [-0.1, -0.05) is 156 Å². The molecule has 58 heavy (non-hydrogen) atoms. The van der Waals surface area contributed by atoms with Gasteiger partial charge < -0.3 is 24.4 Å². The van der Waals surface area contributed by atoms with Gasteiger partial charge in [0.15, 0.2) is 0 Å². The molecule has 0 fully saturated rings. The summed E-state index contributed by atoms with van der Waals surface area (Å²) in [5, 5.41) is 20.0. The molecule has 2 unspecified atom stereocenters. The number of carbonyl (C=O) groups excluding carboxylic acids is 3. The highest BCUT2D eigenvalue weighted by Gasteiger charge is 2.22. The van der Waals surface area contributed by atoms with E-state index in [4.69, 9.17) is 14.2 Å². The largest absolute Gasteiger partial charge is 0.506 e. The van der Waals surface area contributed by atoms with E-state index in [0.29, 0.717) is 42.9 Å². The minimum atomic E-state index is -0.400. The maximum atomic E-state index is 13.4. The lowest BCUT2D eigenvalue weighted by atomic mass is 9.94. The zero-order chi connectivity index (χ0) is 42.6. The van der Waals surface area contributed by atoms with Gasteiger partial charge in [-0.3, -0.25) is 24.3 Å². The summed E-state index contributed by atoms with van der Waals surface area (Å²) in [5.74, 6) is -0.874. The highest BCUT2D eigenvalue weighted by Crippen LogP contribution is 2.25. The van der Waals surface area contributed by atoms with Crippen molar-refractivity contribution in [1.82, 2.24) is 9.88 Å². The number of aromatic hydroxyl groups is 1. The topological polar surface area (TPSA) is 135 Å². The molecule has 0 aliphatic rings. The van der Waals surface area contributed by atoms with Crippen LogP contribution < -0.4 is 0 Å². The maximum Gasteiger partial charge on any atom is 0.308 e. The van der Waals surface area contributed by atoms with Crippen molar-refractivity contribution in [3.05, 3.63) is 23.0 Å². The van der Waals surface area contributed by atoms with Crippen molar-refractivity contribution in [3.8, 4) is 5.75 Å². The van der Waals surface area contributed by atoms with Gasteiger partial charge in [0.2, 0.25) is 0 Å². The van der Waals surface area contributed by atoms with Crippen molar-refractivity contribution < 1.29 is 38.8 Å². The summed E-state index contributed by atoms with van der Waals surface area (Å²) in [6.45, 7) is 12.0. The minimum Gasteiger partial charge on any atom is -0.506 e. The Morgan fingerprint density at radius 1 is 0.603 bits per heavy atom. The molecular formula is C48H86N2O8. The van der Waals surface area contributed by atoms with Gasteiger partial charge in [0, 0.05) is 36.8 Å². The Hall–Kier alpha value is -2.72. The van der Waals surface area contributed by atoms with Crippen LogP contribution in [0.25, 0.3) is 0 Å². The first-order chi connectivity index (χ1) is 28.2. The van der Waals surface area contributed by atoms with Crippen LogP contribution in [0.2, 0.25) is 0 Å². The third-order valence-corrected chi connectivity index (χ3v) is 11.4. The zero-order valence-electron chi connectivity index (χ0n) is 37.8. The monoisotopic (exact) mass is 819 g/mol. The second-order valence-corrected chi connectivity index (χ2v) is 16.5. The van der Waals surface area contributed by atoms with Crippen molar-refractivity contribution in [2.24, 2.45) is 11.8 Å². The van der Waals surface area contributed by atoms with Gasteiger partial charge >= 0.3 is 17.9 Å². The molecule has 0 aromatic carbocycles. The molecule has 0 spiro atoms. The number of aromatic nitrogens is 1. The van der Waals surface area contributed by atoms with Gasteiger partial charge in [0.05, 0.1) is 24.1 Å². The highest BCUT2D eigenvalue weighted by molar-refractivity contribution is 5.72. The van der Waals surface area contributed by atoms with Gasteiger partial charge in [-0.25, -0.2) is 0 Å². The smallest absolute Gasteiger partial charge is 0.308 e. The second kappa shape index (κ2) is 36.2. The van der Waals surface area contributed by atoms with Crippen LogP contribution in [0.4, 0.5) is 0 Å². The molecule has 2 N–H and O–H groups in total. The number of aliphatic hydroxyl groups is 1. The highest BCUT2D eigenvalue weighted by atomic mass is 16.5. The summed E-state index contributed by atoms with van der Waals surface area (Å²) in [4.78, 5) is 45.8. The molecule has 1 aromatic heterocycles. The van der Waals surface area contributed by atoms with Gasteiger partial charge in [-0.15, -0.1) is 0 Å². The Kier molecular flexibility index (Phi) is 33.2. The molecule has 2 atom stereocenters. The molecule has 1 aromatic rings. The van der Waals surface area contributed by atoms with E-state index >= 15 is 0 Å². The van der Waals surface area contributed by atoms with Gasteiger partial charge in [-0.05, 0) is 45.6 Å². The Bertz CT molecular complexity index is 1140. The van der Waals surface area contributed by atoms with E-state index in [9.17, 15) is 24.6 Å². The standard InChI is InChI=1S/C48H86N2O8/c1-6-10-14-18-20-24-29-41(27-22-16-12-8-3)47(54)56-35-33-50(32-26-31-45(52)58-39-43-37-49-40(5)46(53)44(43)38-51)34-36-57-48(55)42(28-23-17-13-9-4)30-25-21-19-15-11-7-2/h37,41-42,51,53H,6-36,38-39H2,1-5H3. The molecule has 336 valence electrons. The van der Waals surface area contributed by atoms with E-state index in [2.05, 4.69) is 37.6 Å². The van der Waals surface area contributed by atoms with Crippen LogP contribution in [0.1, 0.15) is 211 Å². The number of aliphatic hydroxyl groups excluding tert-OH is 1. The van der Waals surface area contributed by atoms with Gasteiger partial charge in [-0.2, -0.15) is 0 Å². The van der Waals surface area contributed by atoms with Crippen LogP contribution in [0, 0.1) is 18.8 Å². The quantitative estimate of drug-likeness (QED) is 0.0375. The molecular weight excluding hydrogens is 733 g/mol. The van der Waals surface area contributed by atoms with Crippen LogP contribution in [-0.4, -0.2) is 70.9 Å². The molecule has 0 bridgehead atoms. The number of carbonyl (C=O) groups is 3. The van der Waals surface area contributed by atoms with Crippen molar-refractivity contribution in [3.63, 3.8) is 0 Å². The van der Waals surface area contributed by atoms with Crippen molar-refractivity contribution in [2.75, 3.05) is 32.8 Å².